The third-order valence-electron chi connectivity index (χ3n) is 4.21. The predicted molar refractivity (Wildman–Crippen MR) is 89.1 cm³/mol. The molecule has 0 aromatic carbocycles. The van der Waals surface area contributed by atoms with Crippen molar-refractivity contribution in [2.75, 3.05) is 0 Å². The van der Waals surface area contributed by atoms with Gasteiger partial charge in [0.15, 0.2) is 0 Å². The van der Waals surface area contributed by atoms with Gasteiger partial charge in [-0.3, -0.25) is 0 Å². The first kappa shape index (κ1) is 16.6. The molecule has 0 N–H and O–H groups in total. The molecule has 118 valence electrons. The van der Waals surface area contributed by atoms with E-state index in [9.17, 15) is 0 Å². The summed E-state index contributed by atoms with van der Waals surface area (Å²) in [6.07, 6.45) is 3.85. The molecule has 1 aromatic heterocycles. The van der Waals surface area contributed by atoms with Crippen molar-refractivity contribution in [1.82, 2.24) is 4.98 Å². The molecule has 1 heterocycles. The maximum Gasteiger partial charge on any atom is 0.214 e. The van der Waals surface area contributed by atoms with E-state index in [1.807, 2.05) is 6.07 Å². The number of ether oxygens (including phenoxy) is 1. The van der Waals surface area contributed by atoms with Gasteiger partial charge in [-0.05, 0) is 42.7 Å². The average Bonchev–Trinajstić information content (AvgIpc) is 2.36. The zero-order chi connectivity index (χ0) is 15.6. The number of halogens is 1. The number of rotatable bonds is 3. The van der Waals surface area contributed by atoms with Crippen LogP contribution < -0.4 is 4.74 Å². The van der Waals surface area contributed by atoms with Crippen molar-refractivity contribution >= 4 is 11.6 Å². The Morgan fingerprint density at radius 1 is 1.14 bits per heavy atom. The predicted octanol–water partition coefficient (Wildman–Crippen LogP) is 5.32. The van der Waals surface area contributed by atoms with E-state index in [4.69, 9.17) is 21.3 Å². The molecular weight excluding hydrogens is 282 g/mol. The molecule has 0 radical (unpaired) electrons. The minimum absolute atomic E-state index is 0.00727. The Labute approximate surface area is 134 Å². The molecule has 1 saturated carbocycles. The number of aromatic nitrogens is 1. The van der Waals surface area contributed by atoms with Gasteiger partial charge in [0.05, 0.1) is 5.69 Å². The first-order chi connectivity index (χ1) is 9.77. The van der Waals surface area contributed by atoms with Crippen LogP contribution in [0.5, 0.6) is 5.88 Å². The van der Waals surface area contributed by atoms with Crippen molar-refractivity contribution in [2.45, 2.75) is 71.3 Å². The Bertz CT molecular complexity index is 471. The lowest BCUT2D eigenvalue weighted by atomic mass is 9.82. The fourth-order valence-corrected chi connectivity index (χ4v) is 3.38. The zero-order valence-electron chi connectivity index (χ0n) is 13.9. The van der Waals surface area contributed by atoms with Crippen LogP contribution in [0, 0.1) is 11.8 Å². The smallest absolute Gasteiger partial charge is 0.214 e. The summed E-state index contributed by atoms with van der Waals surface area (Å²) in [4.78, 5) is 4.72. The van der Waals surface area contributed by atoms with Crippen LogP contribution in [-0.2, 0) is 11.3 Å². The fourth-order valence-electron chi connectivity index (χ4n) is 3.22. The van der Waals surface area contributed by atoms with E-state index in [0.717, 1.165) is 41.8 Å². The van der Waals surface area contributed by atoms with Crippen molar-refractivity contribution in [3.05, 3.63) is 23.4 Å². The minimum Gasteiger partial charge on any atom is -0.474 e. The van der Waals surface area contributed by atoms with E-state index in [0.29, 0.717) is 5.88 Å². The molecule has 0 saturated heterocycles. The normalized spacial score (nSPS) is 26.7. The van der Waals surface area contributed by atoms with Gasteiger partial charge in [0.1, 0.15) is 6.10 Å². The molecule has 1 aliphatic rings. The lowest BCUT2D eigenvalue weighted by Crippen LogP contribution is -2.29. The van der Waals surface area contributed by atoms with Gasteiger partial charge in [-0.2, -0.15) is 0 Å². The molecule has 0 amide bonds. The summed E-state index contributed by atoms with van der Waals surface area (Å²) < 4.78 is 6.20. The standard InChI is InChI=1S/C18H28ClNO/c1-12-6-13(2)8-15(7-12)21-17-10-14(11-19)9-16(20-17)18(3,4)5/h9-10,12-13,15H,6-8,11H2,1-5H3. The van der Waals surface area contributed by atoms with E-state index in [-0.39, 0.29) is 11.5 Å². The first-order valence-electron chi connectivity index (χ1n) is 8.02. The lowest BCUT2D eigenvalue weighted by Gasteiger charge is -2.31. The Morgan fingerprint density at radius 2 is 1.76 bits per heavy atom. The van der Waals surface area contributed by atoms with E-state index < -0.39 is 0 Å². The lowest BCUT2D eigenvalue weighted by molar-refractivity contribution is 0.0962. The molecule has 2 nitrogen and oxygen atoms in total. The number of pyridine rings is 1. The van der Waals surface area contributed by atoms with Gasteiger partial charge >= 0.3 is 0 Å². The van der Waals surface area contributed by atoms with Crippen LogP contribution in [0.4, 0.5) is 0 Å². The van der Waals surface area contributed by atoms with Crippen molar-refractivity contribution in [2.24, 2.45) is 11.8 Å². The summed E-state index contributed by atoms with van der Waals surface area (Å²) in [6, 6.07) is 4.08. The molecule has 2 atom stereocenters. The van der Waals surface area contributed by atoms with Crippen molar-refractivity contribution < 1.29 is 4.74 Å². The summed E-state index contributed by atoms with van der Waals surface area (Å²) >= 11 is 6.03. The highest BCUT2D eigenvalue weighted by molar-refractivity contribution is 6.17. The Balaban J connectivity index is 2.19. The van der Waals surface area contributed by atoms with Crippen LogP contribution in [0.3, 0.4) is 0 Å². The van der Waals surface area contributed by atoms with Crippen molar-refractivity contribution in [1.29, 1.82) is 0 Å². The highest BCUT2D eigenvalue weighted by atomic mass is 35.5. The van der Waals surface area contributed by atoms with Crippen LogP contribution in [0.25, 0.3) is 0 Å². The number of alkyl halides is 1. The van der Waals surface area contributed by atoms with Crippen LogP contribution in [0.15, 0.2) is 12.1 Å². The monoisotopic (exact) mass is 309 g/mol. The maximum absolute atomic E-state index is 6.20. The van der Waals surface area contributed by atoms with Gasteiger partial charge in [-0.25, -0.2) is 4.98 Å². The Hall–Kier alpha value is -0.760. The zero-order valence-corrected chi connectivity index (χ0v) is 14.7. The average molecular weight is 310 g/mol. The molecule has 2 unspecified atom stereocenters. The molecule has 1 fully saturated rings. The largest absolute Gasteiger partial charge is 0.474 e. The van der Waals surface area contributed by atoms with E-state index in [1.165, 1.54) is 6.42 Å². The molecule has 0 aliphatic heterocycles. The van der Waals surface area contributed by atoms with Gasteiger partial charge in [-0.1, -0.05) is 34.6 Å². The van der Waals surface area contributed by atoms with Gasteiger partial charge in [-0.15, -0.1) is 11.6 Å². The fraction of sp³-hybridized carbons (Fsp3) is 0.722. The van der Waals surface area contributed by atoms with Crippen LogP contribution in [-0.4, -0.2) is 11.1 Å². The van der Waals surface area contributed by atoms with Gasteiger partial charge < -0.3 is 4.74 Å². The van der Waals surface area contributed by atoms with Gasteiger partial charge in [0.25, 0.3) is 0 Å². The second-order valence-corrected chi connectivity index (χ2v) is 8.01. The minimum atomic E-state index is 0.00727. The maximum atomic E-state index is 6.20. The van der Waals surface area contributed by atoms with E-state index in [2.05, 4.69) is 40.7 Å². The number of nitrogens with zero attached hydrogens (tertiary/aromatic N) is 1. The molecule has 1 aromatic rings. The number of hydrogen-bond acceptors (Lipinski definition) is 2. The molecular formula is C18H28ClNO. The third kappa shape index (κ3) is 4.60. The van der Waals surface area contributed by atoms with Gasteiger partial charge in [0.2, 0.25) is 5.88 Å². The number of hydrogen-bond donors (Lipinski definition) is 0. The Kier molecular flexibility index (Phi) is 5.19. The van der Waals surface area contributed by atoms with Gasteiger partial charge in [0, 0.05) is 17.4 Å². The molecule has 0 spiro atoms. The third-order valence-corrected chi connectivity index (χ3v) is 4.52. The van der Waals surface area contributed by atoms with E-state index >= 15 is 0 Å². The van der Waals surface area contributed by atoms with Crippen LogP contribution in [0.2, 0.25) is 0 Å². The summed E-state index contributed by atoms with van der Waals surface area (Å²) in [7, 11) is 0. The first-order valence-corrected chi connectivity index (χ1v) is 8.55. The second kappa shape index (κ2) is 6.56. The summed E-state index contributed by atoms with van der Waals surface area (Å²) in [5.41, 5.74) is 2.14. The topological polar surface area (TPSA) is 22.1 Å². The van der Waals surface area contributed by atoms with E-state index in [1.54, 1.807) is 0 Å². The summed E-state index contributed by atoms with van der Waals surface area (Å²) in [6.45, 7) is 11.1. The summed E-state index contributed by atoms with van der Waals surface area (Å²) in [5, 5.41) is 0. The van der Waals surface area contributed by atoms with Crippen LogP contribution in [0.1, 0.15) is 65.1 Å². The van der Waals surface area contributed by atoms with Crippen LogP contribution >= 0.6 is 11.6 Å². The molecule has 1 aliphatic carbocycles. The quantitative estimate of drug-likeness (QED) is 0.705. The SMILES string of the molecule is CC1CC(C)CC(Oc2cc(CCl)cc(C(C)(C)C)n2)C1. The van der Waals surface area contributed by atoms with Crippen molar-refractivity contribution in [3.8, 4) is 5.88 Å². The highest BCUT2D eigenvalue weighted by Gasteiger charge is 2.26. The molecule has 21 heavy (non-hydrogen) atoms. The molecule has 2 rings (SSSR count). The Morgan fingerprint density at radius 3 is 2.29 bits per heavy atom. The van der Waals surface area contributed by atoms with Crippen molar-refractivity contribution in [3.63, 3.8) is 0 Å². The summed E-state index contributed by atoms with van der Waals surface area (Å²) in [5.74, 6) is 2.71. The highest BCUT2D eigenvalue weighted by Crippen LogP contribution is 2.32. The molecule has 0 bridgehead atoms. The molecule has 3 heteroatoms. The second-order valence-electron chi connectivity index (χ2n) is 7.74.